The van der Waals surface area contributed by atoms with E-state index in [4.69, 9.17) is 4.74 Å². The molecule has 1 amide bonds. The van der Waals surface area contributed by atoms with E-state index in [1.807, 2.05) is 13.8 Å². The molecule has 0 spiro atoms. The fraction of sp³-hybridized carbons (Fsp3) is 0.500. The zero-order chi connectivity index (χ0) is 14.9. The number of carbonyl (C=O) groups excluding carboxylic acids is 1. The van der Waals surface area contributed by atoms with Crippen molar-refractivity contribution in [2.24, 2.45) is 0 Å². The molecule has 0 radical (unpaired) electrons. The minimum Gasteiger partial charge on any atom is -0.377 e. The molecule has 1 aromatic rings. The Labute approximate surface area is 117 Å². The molecule has 6 heteroatoms. The molecule has 20 heavy (non-hydrogen) atoms. The number of nitrogens with zero attached hydrogens (tertiary/aromatic N) is 2. The van der Waals surface area contributed by atoms with Gasteiger partial charge in [0.25, 0.3) is 11.6 Å². The van der Waals surface area contributed by atoms with Crippen LogP contribution in [0.2, 0.25) is 0 Å². The van der Waals surface area contributed by atoms with E-state index in [0.717, 1.165) is 0 Å². The topological polar surface area (TPSA) is 72.7 Å². The molecule has 0 N–H and O–H groups in total. The highest BCUT2D eigenvalue weighted by atomic mass is 16.6. The number of morpholine rings is 1. The summed E-state index contributed by atoms with van der Waals surface area (Å²) in [7, 11) is 0. The lowest BCUT2D eigenvalue weighted by Crippen LogP contribution is -2.52. The number of carbonyl (C=O) groups is 1. The molecule has 1 saturated heterocycles. The van der Waals surface area contributed by atoms with Crippen LogP contribution in [0.3, 0.4) is 0 Å². The lowest BCUT2D eigenvalue weighted by molar-refractivity contribution is -0.384. The number of non-ortho nitro benzene ring substituents is 1. The van der Waals surface area contributed by atoms with Crippen molar-refractivity contribution in [2.45, 2.75) is 32.9 Å². The maximum absolute atomic E-state index is 12.6. The summed E-state index contributed by atoms with van der Waals surface area (Å²) in [5, 5.41) is 10.7. The van der Waals surface area contributed by atoms with E-state index in [1.165, 1.54) is 18.2 Å². The van der Waals surface area contributed by atoms with E-state index in [9.17, 15) is 14.9 Å². The van der Waals surface area contributed by atoms with Crippen LogP contribution in [-0.2, 0) is 4.74 Å². The Balaban J connectivity index is 2.31. The van der Waals surface area contributed by atoms with E-state index in [-0.39, 0.29) is 23.7 Å². The third-order valence-corrected chi connectivity index (χ3v) is 3.55. The minimum atomic E-state index is -0.457. The predicted octanol–water partition coefficient (Wildman–Crippen LogP) is 2.15. The van der Waals surface area contributed by atoms with Crippen molar-refractivity contribution in [3.05, 3.63) is 39.4 Å². The Hall–Kier alpha value is -1.95. The molecule has 1 aliphatic rings. The van der Waals surface area contributed by atoms with Crippen LogP contribution in [-0.4, -0.2) is 41.0 Å². The maximum atomic E-state index is 12.6. The first-order valence-electron chi connectivity index (χ1n) is 6.57. The van der Waals surface area contributed by atoms with E-state index >= 15 is 0 Å². The number of aryl methyl sites for hydroxylation is 1. The first-order chi connectivity index (χ1) is 9.41. The number of hydrogen-bond donors (Lipinski definition) is 0. The van der Waals surface area contributed by atoms with Crippen LogP contribution in [0.1, 0.15) is 29.8 Å². The molecule has 0 aromatic heterocycles. The molecule has 1 aromatic carbocycles. The third-order valence-electron chi connectivity index (χ3n) is 3.55. The summed E-state index contributed by atoms with van der Waals surface area (Å²) < 4.78 is 5.41. The highest BCUT2D eigenvalue weighted by Crippen LogP contribution is 2.22. The zero-order valence-corrected chi connectivity index (χ0v) is 11.8. The first kappa shape index (κ1) is 14.5. The monoisotopic (exact) mass is 278 g/mol. The summed E-state index contributed by atoms with van der Waals surface area (Å²) in [4.78, 5) is 24.7. The van der Waals surface area contributed by atoms with E-state index in [1.54, 1.807) is 11.8 Å². The second-order valence-electron chi connectivity index (χ2n) is 5.20. The average Bonchev–Trinajstić information content (AvgIpc) is 2.38. The molecule has 108 valence electrons. The predicted molar refractivity (Wildman–Crippen MR) is 73.7 cm³/mol. The maximum Gasteiger partial charge on any atom is 0.269 e. The normalized spacial score (nSPS) is 22.6. The Morgan fingerprint density at radius 2 is 1.95 bits per heavy atom. The molecule has 1 heterocycles. The number of rotatable bonds is 2. The van der Waals surface area contributed by atoms with Gasteiger partial charge in [-0.25, -0.2) is 0 Å². The van der Waals surface area contributed by atoms with Crippen LogP contribution in [0.15, 0.2) is 18.2 Å². The number of ether oxygens (including phenoxy) is 1. The molecule has 1 aliphatic heterocycles. The zero-order valence-electron chi connectivity index (χ0n) is 11.8. The van der Waals surface area contributed by atoms with Crippen molar-refractivity contribution in [3.8, 4) is 0 Å². The number of amides is 1. The lowest BCUT2D eigenvalue weighted by Gasteiger charge is -2.39. The van der Waals surface area contributed by atoms with Crippen molar-refractivity contribution in [2.75, 3.05) is 13.2 Å². The summed E-state index contributed by atoms with van der Waals surface area (Å²) in [6.45, 7) is 6.63. The summed E-state index contributed by atoms with van der Waals surface area (Å²) >= 11 is 0. The van der Waals surface area contributed by atoms with Crippen molar-refractivity contribution in [1.29, 1.82) is 0 Å². The van der Waals surface area contributed by atoms with Gasteiger partial charge >= 0.3 is 0 Å². The number of nitro benzene ring substituents is 1. The van der Waals surface area contributed by atoms with Gasteiger partial charge in [0, 0.05) is 17.7 Å². The number of hydrogen-bond acceptors (Lipinski definition) is 4. The van der Waals surface area contributed by atoms with Crippen molar-refractivity contribution >= 4 is 11.6 Å². The van der Waals surface area contributed by atoms with Crippen LogP contribution >= 0.6 is 0 Å². The van der Waals surface area contributed by atoms with Gasteiger partial charge in [-0.05, 0) is 32.4 Å². The molecule has 1 fully saturated rings. The molecular weight excluding hydrogens is 260 g/mol. The molecule has 0 aliphatic carbocycles. The van der Waals surface area contributed by atoms with Crippen LogP contribution < -0.4 is 0 Å². The van der Waals surface area contributed by atoms with Gasteiger partial charge in [-0.3, -0.25) is 14.9 Å². The summed E-state index contributed by atoms with van der Waals surface area (Å²) in [6.07, 6.45) is 0. The molecule has 0 bridgehead atoms. The summed E-state index contributed by atoms with van der Waals surface area (Å²) in [6, 6.07) is 4.34. The smallest absolute Gasteiger partial charge is 0.269 e. The van der Waals surface area contributed by atoms with Crippen LogP contribution in [0.4, 0.5) is 5.69 Å². The van der Waals surface area contributed by atoms with Crippen LogP contribution in [0.25, 0.3) is 0 Å². The molecule has 6 nitrogen and oxygen atoms in total. The average molecular weight is 278 g/mol. The molecular formula is C14H18N2O4. The second-order valence-corrected chi connectivity index (χ2v) is 5.20. The third kappa shape index (κ3) is 2.65. The van der Waals surface area contributed by atoms with Gasteiger partial charge in [-0.1, -0.05) is 0 Å². The molecule has 2 unspecified atom stereocenters. The highest BCUT2D eigenvalue weighted by Gasteiger charge is 2.31. The number of nitro groups is 1. The van der Waals surface area contributed by atoms with Gasteiger partial charge in [0.05, 0.1) is 30.2 Å². The lowest BCUT2D eigenvalue weighted by atomic mass is 10.0. The molecule has 0 saturated carbocycles. The van der Waals surface area contributed by atoms with Gasteiger partial charge in [0.15, 0.2) is 0 Å². The Morgan fingerprint density at radius 1 is 1.35 bits per heavy atom. The quantitative estimate of drug-likeness (QED) is 0.613. The van der Waals surface area contributed by atoms with E-state index in [2.05, 4.69) is 0 Å². The van der Waals surface area contributed by atoms with Crippen molar-refractivity contribution in [3.63, 3.8) is 0 Å². The fourth-order valence-electron chi connectivity index (χ4n) is 2.54. The Kier molecular flexibility index (Phi) is 4.04. The largest absolute Gasteiger partial charge is 0.377 e. The van der Waals surface area contributed by atoms with Crippen molar-refractivity contribution in [1.82, 2.24) is 4.90 Å². The van der Waals surface area contributed by atoms with Crippen LogP contribution in [0, 0.1) is 17.0 Å². The fourth-order valence-corrected chi connectivity index (χ4v) is 2.54. The standard InChI is InChI=1S/C14H18N2O4/c1-9-6-12(16(18)19)4-5-13(9)14(17)15-10(2)7-20-8-11(15)3/h4-6,10-11H,7-8H2,1-3H3. The highest BCUT2D eigenvalue weighted by molar-refractivity contribution is 5.96. The number of benzene rings is 1. The van der Waals surface area contributed by atoms with Gasteiger partial charge in [-0.15, -0.1) is 0 Å². The van der Waals surface area contributed by atoms with Gasteiger partial charge in [-0.2, -0.15) is 0 Å². The Bertz CT molecular complexity index is 534. The van der Waals surface area contributed by atoms with Crippen LogP contribution in [0.5, 0.6) is 0 Å². The summed E-state index contributed by atoms with van der Waals surface area (Å²) in [5.74, 6) is -0.0966. The van der Waals surface area contributed by atoms with Gasteiger partial charge < -0.3 is 9.64 Å². The summed E-state index contributed by atoms with van der Waals surface area (Å²) in [5.41, 5.74) is 1.13. The second kappa shape index (κ2) is 5.58. The SMILES string of the molecule is Cc1cc([N+](=O)[O-])ccc1C(=O)N1C(C)COCC1C. The van der Waals surface area contributed by atoms with E-state index in [0.29, 0.717) is 24.3 Å². The first-order valence-corrected chi connectivity index (χ1v) is 6.57. The van der Waals surface area contributed by atoms with Crippen molar-refractivity contribution < 1.29 is 14.5 Å². The van der Waals surface area contributed by atoms with Gasteiger partial charge in [0.2, 0.25) is 0 Å². The van der Waals surface area contributed by atoms with E-state index < -0.39 is 4.92 Å². The van der Waals surface area contributed by atoms with Gasteiger partial charge in [0.1, 0.15) is 0 Å². The minimum absolute atomic E-state index is 0.000780. The molecule has 2 rings (SSSR count). The molecule has 2 atom stereocenters. The Morgan fingerprint density at radius 3 is 2.45 bits per heavy atom.